The molecule has 156 valence electrons. The molecular weight excluding hydrogens is 352 g/mol. The van der Waals surface area contributed by atoms with Crippen molar-refractivity contribution in [2.75, 3.05) is 33.2 Å². The molecule has 5 aliphatic rings. The van der Waals surface area contributed by atoms with Crippen LogP contribution in [0.2, 0.25) is 0 Å². The van der Waals surface area contributed by atoms with E-state index >= 15 is 0 Å². The molecular formula is C22H36N4O2. The second-order valence-corrected chi connectivity index (χ2v) is 10.2. The normalized spacial score (nSPS) is 34.1. The van der Waals surface area contributed by atoms with Crippen LogP contribution in [0.15, 0.2) is 0 Å². The quantitative estimate of drug-likeness (QED) is 0.795. The predicted molar refractivity (Wildman–Crippen MR) is 108 cm³/mol. The van der Waals surface area contributed by atoms with Gasteiger partial charge >= 0.3 is 0 Å². The van der Waals surface area contributed by atoms with E-state index in [1.54, 1.807) is 0 Å². The first-order valence-electron chi connectivity index (χ1n) is 11.6. The van der Waals surface area contributed by atoms with Crippen molar-refractivity contribution in [1.29, 1.82) is 0 Å². The van der Waals surface area contributed by atoms with Gasteiger partial charge in [-0.1, -0.05) is 12.8 Å². The topological polar surface area (TPSA) is 55.9 Å². The molecule has 1 N–H and O–H groups in total. The van der Waals surface area contributed by atoms with Crippen LogP contribution < -0.4 is 5.32 Å². The fourth-order valence-corrected chi connectivity index (χ4v) is 6.01. The van der Waals surface area contributed by atoms with Crippen molar-refractivity contribution < 1.29 is 9.59 Å². The summed E-state index contributed by atoms with van der Waals surface area (Å²) in [5.74, 6) is 1.18. The Balaban J connectivity index is 1.22. The molecule has 0 unspecified atom stereocenters. The molecule has 0 bridgehead atoms. The summed E-state index contributed by atoms with van der Waals surface area (Å²) in [4.78, 5) is 33.2. The van der Waals surface area contributed by atoms with Gasteiger partial charge in [0.1, 0.15) is 6.04 Å². The highest BCUT2D eigenvalue weighted by atomic mass is 16.2. The maximum absolute atomic E-state index is 13.2. The van der Waals surface area contributed by atoms with Crippen molar-refractivity contribution in [3.63, 3.8) is 0 Å². The molecule has 0 aromatic heterocycles. The number of carbonyl (C=O) groups is 2. The highest BCUT2D eigenvalue weighted by Crippen LogP contribution is 2.36. The zero-order chi connectivity index (χ0) is 19.3. The van der Waals surface area contributed by atoms with Crippen LogP contribution in [-0.4, -0.2) is 83.4 Å². The Kier molecular flexibility index (Phi) is 4.90. The Morgan fingerprint density at radius 1 is 1.07 bits per heavy atom. The molecule has 2 saturated carbocycles. The summed E-state index contributed by atoms with van der Waals surface area (Å²) in [6.45, 7) is 3.97. The van der Waals surface area contributed by atoms with E-state index in [2.05, 4.69) is 22.2 Å². The molecule has 2 aliphatic carbocycles. The zero-order valence-corrected chi connectivity index (χ0v) is 17.4. The second kappa shape index (κ2) is 7.28. The summed E-state index contributed by atoms with van der Waals surface area (Å²) in [6.07, 6.45) is 11.1. The number of carbonyl (C=O) groups excluding carboxylic acids is 2. The van der Waals surface area contributed by atoms with Crippen LogP contribution >= 0.6 is 0 Å². The summed E-state index contributed by atoms with van der Waals surface area (Å²) in [7, 11) is 2.18. The first kappa shape index (κ1) is 18.9. The highest BCUT2D eigenvalue weighted by Gasteiger charge is 2.50. The molecule has 0 aromatic carbocycles. The molecule has 28 heavy (non-hydrogen) atoms. The Hall–Kier alpha value is -1.14. The maximum Gasteiger partial charge on any atom is 0.243 e. The van der Waals surface area contributed by atoms with Crippen molar-refractivity contribution in [3.05, 3.63) is 0 Å². The van der Waals surface area contributed by atoms with E-state index in [9.17, 15) is 9.59 Å². The van der Waals surface area contributed by atoms with Gasteiger partial charge in [-0.3, -0.25) is 14.5 Å². The third kappa shape index (κ3) is 3.36. The fourth-order valence-electron chi connectivity index (χ4n) is 6.01. The third-order valence-electron chi connectivity index (χ3n) is 8.56. The minimum Gasteiger partial charge on any atom is -0.348 e. The molecule has 3 saturated heterocycles. The monoisotopic (exact) mass is 388 g/mol. The van der Waals surface area contributed by atoms with Crippen molar-refractivity contribution in [2.24, 2.45) is 5.92 Å². The molecule has 2 amide bonds. The smallest absolute Gasteiger partial charge is 0.243 e. The van der Waals surface area contributed by atoms with Gasteiger partial charge in [0, 0.05) is 38.3 Å². The van der Waals surface area contributed by atoms with Gasteiger partial charge in [0.15, 0.2) is 0 Å². The molecule has 0 radical (unpaired) electrons. The van der Waals surface area contributed by atoms with Gasteiger partial charge in [-0.15, -0.1) is 0 Å². The maximum atomic E-state index is 13.2. The standard InChI is InChI=1S/C22H36N4O2/c1-24(17-6-3-7-17)18-12-19-21(28)23-22(13-20(27)26(19)15-18)8-10-25(11-9-22)14-16-4-2-5-16/h16-19H,2-15H2,1H3,(H,23,28)/t18-,19-/m0/s1. The fraction of sp³-hybridized carbons (Fsp3) is 0.909. The first-order chi connectivity index (χ1) is 13.5. The number of likely N-dealkylation sites (N-methyl/N-ethyl adjacent to an activating group) is 1. The first-order valence-corrected chi connectivity index (χ1v) is 11.6. The average Bonchev–Trinajstić information content (AvgIpc) is 3.00. The number of rotatable bonds is 4. The second-order valence-electron chi connectivity index (χ2n) is 10.2. The lowest BCUT2D eigenvalue weighted by molar-refractivity contribution is -0.135. The number of piperidine rings is 1. The van der Waals surface area contributed by atoms with Gasteiger partial charge in [0.2, 0.25) is 11.8 Å². The van der Waals surface area contributed by atoms with Crippen LogP contribution in [-0.2, 0) is 9.59 Å². The lowest BCUT2D eigenvalue weighted by Crippen LogP contribution is -2.57. The molecule has 3 heterocycles. The largest absolute Gasteiger partial charge is 0.348 e. The molecule has 5 fully saturated rings. The molecule has 2 atom stereocenters. The van der Waals surface area contributed by atoms with Crippen molar-refractivity contribution in [3.8, 4) is 0 Å². The number of hydrogen-bond donors (Lipinski definition) is 1. The molecule has 6 heteroatoms. The summed E-state index contributed by atoms with van der Waals surface area (Å²) in [5.41, 5.74) is -0.302. The van der Waals surface area contributed by atoms with Gasteiger partial charge in [-0.2, -0.15) is 0 Å². The van der Waals surface area contributed by atoms with E-state index in [0.29, 0.717) is 18.5 Å². The summed E-state index contributed by atoms with van der Waals surface area (Å²) >= 11 is 0. The van der Waals surface area contributed by atoms with Crippen LogP contribution in [0.4, 0.5) is 0 Å². The van der Waals surface area contributed by atoms with Crippen LogP contribution in [0.25, 0.3) is 0 Å². The Morgan fingerprint density at radius 3 is 2.39 bits per heavy atom. The minimum atomic E-state index is -0.302. The van der Waals surface area contributed by atoms with E-state index < -0.39 is 0 Å². The van der Waals surface area contributed by atoms with Gasteiger partial charge in [-0.25, -0.2) is 0 Å². The summed E-state index contributed by atoms with van der Waals surface area (Å²) in [6, 6.07) is 0.730. The Labute approximate surface area is 169 Å². The van der Waals surface area contributed by atoms with Crippen LogP contribution in [0, 0.1) is 5.92 Å². The Bertz CT molecular complexity index is 594. The SMILES string of the molecule is CN(C1CCC1)[C@H]1C[C@H]2C(=O)NC3(CCN(CC4CCC4)CC3)CC(=O)N2C1. The number of hydrogen-bond acceptors (Lipinski definition) is 4. The van der Waals surface area contributed by atoms with E-state index in [-0.39, 0.29) is 23.4 Å². The van der Waals surface area contributed by atoms with Gasteiger partial charge in [0.25, 0.3) is 0 Å². The highest BCUT2D eigenvalue weighted by molar-refractivity contribution is 5.92. The van der Waals surface area contributed by atoms with Crippen molar-refractivity contribution in [2.45, 2.75) is 87.9 Å². The van der Waals surface area contributed by atoms with E-state index in [1.807, 2.05) is 4.90 Å². The lowest BCUT2D eigenvalue weighted by Gasteiger charge is -2.43. The minimum absolute atomic E-state index is 0.0998. The number of amides is 2. The zero-order valence-electron chi connectivity index (χ0n) is 17.4. The number of nitrogens with one attached hydrogen (secondary N) is 1. The van der Waals surface area contributed by atoms with E-state index in [1.165, 1.54) is 45.1 Å². The number of likely N-dealkylation sites (tertiary alicyclic amines) is 1. The molecule has 3 aliphatic heterocycles. The molecule has 6 nitrogen and oxygen atoms in total. The van der Waals surface area contributed by atoms with Gasteiger partial charge in [-0.05, 0) is 57.9 Å². The number of nitrogens with zero attached hydrogens (tertiary/aromatic N) is 3. The third-order valence-corrected chi connectivity index (χ3v) is 8.56. The Morgan fingerprint density at radius 2 is 1.79 bits per heavy atom. The summed E-state index contributed by atoms with van der Waals surface area (Å²) in [5, 5.41) is 3.37. The lowest BCUT2D eigenvalue weighted by atomic mass is 9.81. The van der Waals surface area contributed by atoms with Gasteiger partial charge < -0.3 is 15.1 Å². The number of fused-ring (bicyclic) bond motifs is 1. The van der Waals surface area contributed by atoms with Crippen molar-refractivity contribution >= 4 is 11.8 Å². The predicted octanol–water partition coefficient (Wildman–Crippen LogP) is 1.59. The molecule has 1 spiro atoms. The van der Waals surface area contributed by atoms with Gasteiger partial charge in [0.05, 0.1) is 12.0 Å². The van der Waals surface area contributed by atoms with Crippen LogP contribution in [0.1, 0.15) is 64.2 Å². The molecule has 5 rings (SSSR count). The summed E-state index contributed by atoms with van der Waals surface area (Å²) < 4.78 is 0. The van der Waals surface area contributed by atoms with Crippen molar-refractivity contribution in [1.82, 2.24) is 20.0 Å². The average molecular weight is 389 g/mol. The van der Waals surface area contributed by atoms with Crippen LogP contribution in [0.5, 0.6) is 0 Å². The molecule has 0 aromatic rings. The van der Waals surface area contributed by atoms with E-state index in [0.717, 1.165) is 44.8 Å². The van der Waals surface area contributed by atoms with Crippen LogP contribution in [0.3, 0.4) is 0 Å². The van der Waals surface area contributed by atoms with E-state index in [4.69, 9.17) is 0 Å².